The summed E-state index contributed by atoms with van der Waals surface area (Å²) in [6.07, 6.45) is 1.54. The summed E-state index contributed by atoms with van der Waals surface area (Å²) in [6.45, 7) is 1.08. The second-order valence-electron chi connectivity index (χ2n) is 3.47. The first-order valence-electron chi connectivity index (χ1n) is 4.94. The number of hydrogen-bond acceptors (Lipinski definition) is 3. The Morgan fingerprint density at radius 1 is 1.38 bits per heavy atom. The summed E-state index contributed by atoms with van der Waals surface area (Å²) in [5.74, 6) is 0.174. The van der Waals surface area contributed by atoms with Crippen LogP contribution in [-0.2, 0) is 11.2 Å². The SMILES string of the molecule is CC(=O)O.COc1ccc2c(c1)C(=O)CC2. The number of carbonyl (C=O) groups excluding carboxylic acids is 1. The molecule has 0 amide bonds. The highest BCUT2D eigenvalue weighted by Gasteiger charge is 2.19. The Hall–Kier alpha value is -1.84. The molecule has 16 heavy (non-hydrogen) atoms. The predicted octanol–water partition coefficient (Wildman–Crippen LogP) is 1.91. The topological polar surface area (TPSA) is 63.6 Å². The molecule has 4 nitrogen and oxygen atoms in total. The van der Waals surface area contributed by atoms with Crippen LogP contribution in [0.4, 0.5) is 0 Å². The van der Waals surface area contributed by atoms with Gasteiger partial charge in [0.15, 0.2) is 5.78 Å². The van der Waals surface area contributed by atoms with Gasteiger partial charge in [-0.3, -0.25) is 9.59 Å². The fourth-order valence-corrected chi connectivity index (χ4v) is 1.54. The summed E-state index contributed by atoms with van der Waals surface area (Å²) >= 11 is 0. The van der Waals surface area contributed by atoms with Crippen molar-refractivity contribution >= 4 is 11.8 Å². The van der Waals surface area contributed by atoms with Crippen molar-refractivity contribution in [3.63, 3.8) is 0 Å². The molecule has 0 unspecified atom stereocenters. The standard InChI is InChI=1S/C10H10O2.C2H4O2/c1-12-8-4-2-7-3-5-10(11)9(7)6-8;1-2(3)4/h2,4,6H,3,5H2,1H3;1H3,(H,3,4). The van der Waals surface area contributed by atoms with Gasteiger partial charge in [0.2, 0.25) is 0 Å². The predicted molar refractivity (Wildman–Crippen MR) is 59.0 cm³/mol. The average molecular weight is 222 g/mol. The number of carboxylic acid groups (broad SMARTS) is 1. The Morgan fingerprint density at radius 3 is 2.56 bits per heavy atom. The van der Waals surface area contributed by atoms with Crippen LogP contribution in [-0.4, -0.2) is 24.0 Å². The second kappa shape index (κ2) is 5.30. The highest BCUT2D eigenvalue weighted by molar-refractivity contribution is 6.00. The molecule has 86 valence electrons. The lowest BCUT2D eigenvalue weighted by atomic mass is 10.1. The van der Waals surface area contributed by atoms with Gasteiger partial charge >= 0.3 is 0 Å². The van der Waals surface area contributed by atoms with Crippen molar-refractivity contribution in [2.75, 3.05) is 7.11 Å². The number of aliphatic carboxylic acids is 1. The van der Waals surface area contributed by atoms with Crippen LogP contribution in [0.5, 0.6) is 5.75 Å². The van der Waals surface area contributed by atoms with Gasteiger partial charge in [-0.15, -0.1) is 0 Å². The minimum absolute atomic E-state index is 0.240. The van der Waals surface area contributed by atoms with Crippen LogP contribution in [0, 0.1) is 0 Å². The van der Waals surface area contributed by atoms with Crippen molar-refractivity contribution in [3.8, 4) is 5.75 Å². The third-order valence-corrected chi connectivity index (χ3v) is 2.24. The molecule has 0 aromatic heterocycles. The molecule has 1 aromatic rings. The van der Waals surface area contributed by atoms with Gasteiger partial charge in [-0.25, -0.2) is 0 Å². The van der Waals surface area contributed by atoms with Crippen molar-refractivity contribution < 1.29 is 19.4 Å². The van der Waals surface area contributed by atoms with Crippen molar-refractivity contribution in [1.29, 1.82) is 0 Å². The monoisotopic (exact) mass is 222 g/mol. The highest BCUT2D eigenvalue weighted by Crippen LogP contribution is 2.25. The van der Waals surface area contributed by atoms with E-state index >= 15 is 0 Å². The van der Waals surface area contributed by atoms with Crippen LogP contribution in [0.2, 0.25) is 0 Å². The van der Waals surface area contributed by atoms with Gasteiger partial charge in [-0.1, -0.05) is 6.07 Å². The lowest BCUT2D eigenvalue weighted by molar-refractivity contribution is -0.134. The van der Waals surface area contributed by atoms with E-state index in [1.165, 1.54) is 0 Å². The summed E-state index contributed by atoms with van der Waals surface area (Å²) in [4.78, 5) is 20.3. The first kappa shape index (κ1) is 12.2. The Balaban J connectivity index is 0.000000280. The van der Waals surface area contributed by atoms with Crippen LogP contribution < -0.4 is 4.74 Å². The lowest BCUT2D eigenvalue weighted by Gasteiger charge is -2.01. The summed E-state index contributed by atoms with van der Waals surface area (Å²) in [5, 5.41) is 7.42. The molecular formula is C12H14O4. The zero-order chi connectivity index (χ0) is 12.1. The highest BCUT2D eigenvalue weighted by atomic mass is 16.5. The smallest absolute Gasteiger partial charge is 0.300 e. The summed E-state index contributed by atoms with van der Waals surface area (Å²) in [7, 11) is 1.61. The Kier molecular flexibility index (Phi) is 4.05. The molecule has 0 bridgehead atoms. The van der Waals surface area contributed by atoms with Gasteiger partial charge in [0.1, 0.15) is 5.75 Å². The molecule has 2 rings (SSSR count). The van der Waals surface area contributed by atoms with Crippen LogP contribution in [0.15, 0.2) is 18.2 Å². The van der Waals surface area contributed by atoms with Gasteiger partial charge in [0, 0.05) is 18.9 Å². The van der Waals surface area contributed by atoms with E-state index < -0.39 is 5.97 Å². The van der Waals surface area contributed by atoms with Gasteiger partial charge in [-0.05, 0) is 24.1 Å². The van der Waals surface area contributed by atoms with Gasteiger partial charge < -0.3 is 9.84 Å². The largest absolute Gasteiger partial charge is 0.497 e. The number of carbonyl (C=O) groups is 2. The van der Waals surface area contributed by atoms with Gasteiger partial charge in [-0.2, -0.15) is 0 Å². The number of benzene rings is 1. The molecule has 0 fully saturated rings. The minimum Gasteiger partial charge on any atom is -0.497 e. The summed E-state index contributed by atoms with van der Waals surface area (Å²) in [6, 6.07) is 5.70. The Labute approximate surface area is 93.9 Å². The zero-order valence-corrected chi connectivity index (χ0v) is 9.32. The van der Waals surface area contributed by atoms with Gasteiger partial charge in [0.25, 0.3) is 5.97 Å². The second-order valence-corrected chi connectivity index (χ2v) is 3.47. The van der Waals surface area contributed by atoms with Crippen molar-refractivity contribution in [2.45, 2.75) is 19.8 Å². The van der Waals surface area contributed by atoms with Crippen molar-refractivity contribution in [1.82, 2.24) is 0 Å². The molecule has 1 N–H and O–H groups in total. The number of methoxy groups -OCH3 is 1. The molecule has 0 heterocycles. The van der Waals surface area contributed by atoms with Crippen LogP contribution in [0.3, 0.4) is 0 Å². The maximum atomic E-state index is 11.3. The number of fused-ring (bicyclic) bond motifs is 1. The number of Topliss-reactive ketones (excluding diaryl/α,β-unsaturated/α-hetero) is 1. The first-order chi connectivity index (χ1) is 7.54. The van der Waals surface area contributed by atoms with E-state index in [0.717, 1.165) is 30.2 Å². The molecule has 0 spiro atoms. The van der Waals surface area contributed by atoms with Crippen molar-refractivity contribution in [2.24, 2.45) is 0 Å². The normalized spacial score (nSPS) is 12.5. The van der Waals surface area contributed by atoms with E-state index in [-0.39, 0.29) is 5.78 Å². The molecule has 0 aliphatic heterocycles. The number of carboxylic acids is 1. The van der Waals surface area contributed by atoms with Crippen LogP contribution in [0.25, 0.3) is 0 Å². The average Bonchev–Trinajstić information content (AvgIpc) is 2.59. The third kappa shape index (κ3) is 3.08. The molecule has 1 aliphatic carbocycles. The maximum Gasteiger partial charge on any atom is 0.300 e. The van der Waals surface area contributed by atoms with E-state index in [1.54, 1.807) is 7.11 Å². The van der Waals surface area contributed by atoms with E-state index in [1.807, 2.05) is 18.2 Å². The quantitative estimate of drug-likeness (QED) is 0.788. The lowest BCUT2D eigenvalue weighted by Crippen LogP contribution is -1.92. The zero-order valence-electron chi connectivity index (χ0n) is 9.32. The molecule has 0 radical (unpaired) electrons. The summed E-state index contributed by atoms with van der Waals surface area (Å²) in [5.41, 5.74) is 2.00. The molecule has 0 saturated heterocycles. The van der Waals surface area contributed by atoms with E-state index in [2.05, 4.69) is 0 Å². The molecule has 1 aromatic carbocycles. The molecule has 4 heteroatoms. The molecule has 1 aliphatic rings. The molecule has 0 saturated carbocycles. The van der Waals surface area contributed by atoms with E-state index in [9.17, 15) is 4.79 Å². The van der Waals surface area contributed by atoms with Crippen molar-refractivity contribution in [3.05, 3.63) is 29.3 Å². The number of hydrogen-bond donors (Lipinski definition) is 1. The van der Waals surface area contributed by atoms with Gasteiger partial charge in [0.05, 0.1) is 7.11 Å². The first-order valence-corrected chi connectivity index (χ1v) is 4.94. The number of aryl methyl sites for hydroxylation is 1. The number of ketones is 1. The minimum atomic E-state index is -0.833. The third-order valence-electron chi connectivity index (χ3n) is 2.24. The summed E-state index contributed by atoms with van der Waals surface area (Å²) < 4.78 is 5.04. The van der Waals surface area contributed by atoms with Crippen LogP contribution >= 0.6 is 0 Å². The van der Waals surface area contributed by atoms with E-state index in [0.29, 0.717) is 6.42 Å². The Bertz CT molecular complexity index is 405. The fourth-order valence-electron chi connectivity index (χ4n) is 1.54. The molecular weight excluding hydrogens is 208 g/mol. The Morgan fingerprint density at radius 2 is 2.00 bits per heavy atom. The molecule has 0 atom stereocenters. The number of rotatable bonds is 1. The number of ether oxygens (including phenoxy) is 1. The maximum absolute atomic E-state index is 11.3. The van der Waals surface area contributed by atoms with E-state index in [4.69, 9.17) is 14.6 Å². The van der Waals surface area contributed by atoms with Crippen LogP contribution in [0.1, 0.15) is 29.3 Å². The fraction of sp³-hybridized carbons (Fsp3) is 0.333.